The first-order valence-corrected chi connectivity index (χ1v) is 4.87. The summed E-state index contributed by atoms with van der Waals surface area (Å²) in [7, 11) is 3.31. The molecular weight excluding hydrogens is 186 g/mol. The molecule has 0 spiro atoms. The molecule has 1 rings (SSSR count). The molecule has 4 heteroatoms. The van der Waals surface area contributed by atoms with Crippen molar-refractivity contribution in [3.8, 4) is 0 Å². The van der Waals surface area contributed by atoms with E-state index < -0.39 is 0 Å². The number of methoxy groups -OCH3 is 1. The molecule has 13 heavy (non-hydrogen) atoms. The number of thiophene rings is 1. The minimum atomic E-state index is -0.183. The highest BCUT2D eigenvalue weighted by Gasteiger charge is 2.05. The molecule has 0 aliphatic rings. The van der Waals surface area contributed by atoms with E-state index in [-0.39, 0.29) is 5.97 Å². The molecule has 0 fully saturated rings. The summed E-state index contributed by atoms with van der Waals surface area (Å²) >= 11 is 1.64. The van der Waals surface area contributed by atoms with Gasteiger partial charge in [-0.3, -0.25) is 4.79 Å². The predicted octanol–water partition coefficient (Wildman–Crippen LogP) is 1.18. The fraction of sp³-hybridized carbons (Fsp3) is 0.444. The van der Waals surface area contributed by atoms with E-state index in [9.17, 15) is 4.79 Å². The van der Waals surface area contributed by atoms with Crippen LogP contribution in [-0.4, -0.2) is 20.1 Å². The number of rotatable bonds is 4. The van der Waals surface area contributed by atoms with Crippen LogP contribution in [0.2, 0.25) is 0 Å². The minimum absolute atomic E-state index is 0.183. The van der Waals surface area contributed by atoms with E-state index in [1.54, 1.807) is 11.3 Å². The van der Waals surface area contributed by atoms with Crippen LogP contribution in [0.25, 0.3) is 0 Å². The van der Waals surface area contributed by atoms with Crippen molar-refractivity contribution in [3.05, 3.63) is 21.9 Å². The number of carbonyl (C=O) groups excluding carboxylic acids is 1. The van der Waals surface area contributed by atoms with E-state index >= 15 is 0 Å². The van der Waals surface area contributed by atoms with Crippen LogP contribution in [0.1, 0.15) is 9.75 Å². The summed E-state index contributed by atoms with van der Waals surface area (Å²) in [5, 5.41) is 3.06. The van der Waals surface area contributed by atoms with Crippen LogP contribution in [-0.2, 0) is 22.5 Å². The van der Waals surface area contributed by atoms with E-state index in [4.69, 9.17) is 0 Å². The number of nitrogens with one attached hydrogen (secondary N) is 1. The molecule has 1 aromatic heterocycles. The zero-order valence-corrected chi connectivity index (χ0v) is 8.61. The summed E-state index contributed by atoms with van der Waals surface area (Å²) in [6.07, 6.45) is 0.380. The van der Waals surface area contributed by atoms with Gasteiger partial charge < -0.3 is 10.1 Å². The van der Waals surface area contributed by atoms with Crippen molar-refractivity contribution in [2.24, 2.45) is 0 Å². The third kappa shape index (κ3) is 3.16. The van der Waals surface area contributed by atoms with Gasteiger partial charge >= 0.3 is 5.97 Å². The predicted molar refractivity (Wildman–Crippen MR) is 52.8 cm³/mol. The lowest BCUT2D eigenvalue weighted by molar-refractivity contribution is -0.139. The zero-order chi connectivity index (χ0) is 9.68. The molecule has 0 aliphatic carbocycles. The number of hydrogen-bond acceptors (Lipinski definition) is 4. The Kier molecular flexibility index (Phi) is 3.92. The van der Waals surface area contributed by atoms with Gasteiger partial charge in [0.2, 0.25) is 0 Å². The summed E-state index contributed by atoms with van der Waals surface area (Å²) in [5.74, 6) is -0.183. The number of ether oxygens (including phenoxy) is 1. The van der Waals surface area contributed by atoms with Gasteiger partial charge in [-0.2, -0.15) is 0 Å². The Balaban J connectivity index is 2.53. The molecule has 1 heterocycles. The molecule has 0 saturated heterocycles. The lowest BCUT2D eigenvalue weighted by Crippen LogP contribution is -2.03. The van der Waals surface area contributed by atoms with Crippen LogP contribution in [0.3, 0.4) is 0 Å². The van der Waals surface area contributed by atoms with Gasteiger partial charge in [0.05, 0.1) is 13.5 Å². The van der Waals surface area contributed by atoms with Crippen molar-refractivity contribution in [2.45, 2.75) is 13.0 Å². The van der Waals surface area contributed by atoms with Crippen molar-refractivity contribution < 1.29 is 9.53 Å². The molecule has 0 atom stereocenters. The van der Waals surface area contributed by atoms with Crippen LogP contribution in [0.5, 0.6) is 0 Å². The van der Waals surface area contributed by atoms with Crippen molar-refractivity contribution in [3.63, 3.8) is 0 Å². The molecular formula is C9H13NO2S. The largest absolute Gasteiger partial charge is 0.469 e. The van der Waals surface area contributed by atoms with E-state index in [2.05, 4.69) is 10.1 Å². The summed E-state index contributed by atoms with van der Waals surface area (Å²) in [6.45, 7) is 0.853. The second-order valence-corrected chi connectivity index (χ2v) is 3.90. The monoisotopic (exact) mass is 199 g/mol. The quantitative estimate of drug-likeness (QED) is 0.740. The summed E-state index contributed by atoms with van der Waals surface area (Å²) < 4.78 is 4.58. The number of carbonyl (C=O) groups is 1. The first-order chi connectivity index (χ1) is 6.26. The van der Waals surface area contributed by atoms with Crippen molar-refractivity contribution >= 4 is 17.3 Å². The molecule has 0 bridgehead atoms. The Hall–Kier alpha value is -0.870. The molecule has 72 valence electrons. The van der Waals surface area contributed by atoms with E-state index in [0.29, 0.717) is 6.42 Å². The average Bonchev–Trinajstić information content (AvgIpc) is 2.53. The van der Waals surface area contributed by atoms with Gasteiger partial charge in [0, 0.05) is 16.3 Å². The minimum Gasteiger partial charge on any atom is -0.469 e. The van der Waals surface area contributed by atoms with Crippen molar-refractivity contribution in [2.75, 3.05) is 14.2 Å². The second-order valence-electron chi connectivity index (χ2n) is 2.65. The van der Waals surface area contributed by atoms with Crippen molar-refractivity contribution in [1.82, 2.24) is 5.32 Å². The van der Waals surface area contributed by atoms with Crippen LogP contribution in [0.15, 0.2) is 12.1 Å². The molecule has 0 aliphatic heterocycles. The fourth-order valence-corrected chi connectivity index (χ4v) is 2.02. The molecule has 3 nitrogen and oxygen atoms in total. The molecule has 0 amide bonds. The standard InChI is InChI=1S/C9H13NO2S/c1-10-6-8-4-3-7(13-8)5-9(11)12-2/h3-4,10H,5-6H2,1-2H3. The van der Waals surface area contributed by atoms with Crippen LogP contribution in [0, 0.1) is 0 Å². The first-order valence-electron chi connectivity index (χ1n) is 4.05. The number of hydrogen-bond donors (Lipinski definition) is 1. The van der Waals surface area contributed by atoms with Gasteiger partial charge in [-0.05, 0) is 19.2 Å². The smallest absolute Gasteiger partial charge is 0.310 e. The van der Waals surface area contributed by atoms with Crippen LogP contribution < -0.4 is 5.32 Å². The van der Waals surface area contributed by atoms with Gasteiger partial charge in [0.25, 0.3) is 0 Å². The highest BCUT2D eigenvalue weighted by atomic mass is 32.1. The maximum atomic E-state index is 10.9. The molecule has 0 unspecified atom stereocenters. The van der Waals surface area contributed by atoms with Gasteiger partial charge in [-0.25, -0.2) is 0 Å². The van der Waals surface area contributed by atoms with E-state index in [1.165, 1.54) is 12.0 Å². The maximum absolute atomic E-state index is 10.9. The normalized spacial score (nSPS) is 10.0. The summed E-state index contributed by atoms with van der Waals surface area (Å²) in [5.41, 5.74) is 0. The lowest BCUT2D eigenvalue weighted by atomic mass is 10.3. The third-order valence-corrected chi connectivity index (χ3v) is 2.70. The Bertz CT molecular complexity index is 283. The third-order valence-electron chi connectivity index (χ3n) is 1.61. The Morgan fingerprint density at radius 3 is 2.85 bits per heavy atom. The second kappa shape index (κ2) is 4.99. The molecule has 1 aromatic rings. The van der Waals surface area contributed by atoms with Crippen LogP contribution in [0.4, 0.5) is 0 Å². The van der Waals surface area contributed by atoms with Crippen molar-refractivity contribution in [1.29, 1.82) is 0 Å². The average molecular weight is 199 g/mol. The number of esters is 1. The topological polar surface area (TPSA) is 38.3 Å². The Labute approximate surface area is 81.7 Å². The Morgan fingerprint density at radius 2 is 2.23 bits per heavy atom. The fourth-order valence-electron chi connectivity index (χ4n) is 1.00. The van der Waals surface area contributed by atoms with Gasteiger partial charge in [0.1, 0.15) is 0 Å². The van der Waals surface area contributed by atoms with Gasteiger partial charge in [-0.15, -0.1) is 11.3 Å². The zero-order valence-electron chi connectivity index (χ0n) is 7.79. The van der Waals surface area contributed by atoms with Gasteiger partial charge in [0.15, 0.2) is 0 Å². The first kappa shape index (κ1) is 10.2. The van der Waals surface area contributed by atoms with Gasteiger partial charge in [-0.1, -0.05) is 0 Å². The molecule has 1 N–H and O–H groups in total. The molecule has 0 saturated carbocycles. The Morgan fingerprint density at radius 1 is 1.54 bits per heavy atom. The maximum Gasteiger partial charge on any atom is 0.310 e. The molecule has 0 aromatic carbocycles. The highest BCUT2D eigenvalue weighted by molar-refractivity contribution is 7.12. The summed E-state index contributed by atoms with van der Waals surface area (Å²) in [6, 6.07) is 3.99. The van der Waals surface area contributed by atoms with Crippen LogP contribution >= 0.6 is 11.3 Å². The van der Waals surface area contributed by atoms with E-state index in [0.717, 1.165) is 11.4 Å². The molecule has 0 radical (unpaired) electrons. The SMILES string of the molecule is CNCc1ccc(CC(=O)OC)s1. The lowest BCUT2D eigenvalue weighted by Gasteiger charge is -1.95. The highest BCUT2D eigenvalue weighted by Crippen LogP contribution is 2.16. The van der Waals surface area contributed by atoms with E-state index in [1.807, 2.05) is 19.2 Å². The summed E-state index contributed by atoms with van der Waals surface area (Å²) in [4.78, 5) is 13.2.